The van der Waals surface area contributed by atoms with E-state index in [0.717, 1.165) is 11.8 Å². The number of piperidine rings is 2. The largest absolute Gasteiger partial charge is 0.497 e. The van der Waals surface area contributed by atoms with E-state index in [0.29, 0.717) is 6.04 Å². The zero-order chi connectivity index (χ0) is 12.4. The van der Waals surface area contributed by atoms with Gasteiger partial charge in [0.2, 0.25) is 0 Å². The maximum Gasteiger partial charge on any atom is 0.119 e. The van der Waals surface area contributed by atoms with E-state index < -0.39 is 0 Å². The van der Waals surface area contributed by atoms with Gasteiger partial charge in [0.25, 0.3) is 0 Å². The molecule has 18 heavy (non-hydrogen) atoms. The number of benzene rings is 1. The lowest BCUT2D eigenvalue weighted by molar-refractivity contribution is 0.0517. The molecular weight excluding hydrogens is 222 g/mol. The summed E-state index contributed by atoms with van der Waals surface area (Å²) in [6, 6.07) is 10.1. The molecule has 2 saturated heterocycles. The monoisotopic (exact) mass is 245 g/mol. The van der Waals surface area contributed by atoms with Gasteiger partial charge in [0.15, 0.2) is 0 Å². The Morgan fingerprint density at radius 1 is 1.11 bits per heavy atom. The van der Waals surface area contributed by atoms with Gasteiger partial charge in [0.1, 0.15) is 5.75 Å². The van der Waals surface area contributed by atoms with Crippen LogP contribution in [-0.4, -0.2) is 24.6 Å². The summed E-state index contributed by atoms with van der Waals surface area (Å²) in [4.78, 5) is 2.75. The van der Waals surface area contributed by atoms with Crippen molar-refractivity contribution < 1.29 is 4.74 Å². The Morgan fingerprint density at radius 2 is 2.00 bits per heavy atom. The number of ether oxygens (including phenoxy) is 1. The minimum atomic E-state index is 0.624. The summed E-state index contributed by atoms with van der Waals surface area (Å²) < 4.78 is 5.36. The third kappa shape index (κ3) is 2.26. The van der Waals surface area contributed by atoms with Crippen LogP contribution in [0.15, 0.2) is 24.3 Å². The first kappa shape index (κ1) is 12.0. The van der Waals surface area contributed by atoms with Gasteiger partial charge >= 0.3 is 0 Å². The molecule has 1 aromatic carbocycles. The molecule has 0 aromatic heterocycles. The topological polar surface area (TPSA) is 12.5 Å². The third-order valence-electron chi connectivity index (χ3n) is 4.57. The molecule has 0 bridgehead atoms. The highest BCUT2D eigenvalue weighted by Crippen LogP contribution is 2.39. The van der Waals surface area contributed by atoms with Crippen LogP contribution in [0.25, 0.3) is 0 Å². The van der Waals surface area contributed by atoms with Crippen LogP contribution in [0.3, 0.4) is 0 Å². The summed E-state index contributed by atoms with van der Waals surface area (Å²) in [6.07, 6.45) is 8.29. The van der Waals surface area contributed by atoms with Crippen LogP contribution in [0.1, 0.15) is 50.1 Å². The fraction of sp³-hybridized carbons (Fsp3) is 0.625. The molecule has 2 atom stereocenters. The van der Waals surface area contributed by atoms with Gasteiger partial charge in [-0.25, -0.2) is 0 Å². The maximum atomic E-state index is 5.36. The first-order valence-corrected chi connectivity index (χ1v) is 7.28. The Labute approximate surface area is 110 Å². The fourth-order valence-electron chi connectivity index (χ4n) is 3.66. The van der Waals surface area contributed by atoms with Crippen molar-refractivity contribution in [3.63, 3.8) is 0 Å². The molecule has 0 radical (unpaired) electrons. The van der Waals surface area contributed by atoms with E-state index in [2.05, 4.69) is 23.1 Å². The van der Waals surface area contributed by atoms with Crippen molar-refractivity contribution in [2.75, 3.05) is 13.7 Å². The lowest BCUT2D eigenvalue weighted by Crippen LogP contribution is -2.44. The molecular formula is C16H23NO. The standard InChI is InChI=1S/C16H23NO/c1-18-15-9-4-6-13(12-15)16-10-5-8-14-7-2-3-11-17(14)16/h4,6,9,12,14,16H,2-3,5,7-8,10-11H2,1H3/t14-,16-/m1/s1. The summed E-state index contributed by atoms with van der Waals surface area (Å²) in [5.41, 5.74) is 1.45. The highest BCUT2D eigenvalue weighted by molar-refractivity contribution is 5.31. The Kier molecular flexibility index (Phi) is 3.55. The van der Waals surface area contributed by atoms with Crippen LogP contribution in [0.2, 0.25) is 0 Å². The van der Waals surface area contributed by atoms with Gasteiger partial charge in [-0.3, -0.25) is 4.90 Å². The van der Waals surface area contributed by atoms with E-state index in [1.54, 1.807) is 7.11 Å². The van der Waals surface area contributed by atoms with Gasteiger partial charge in [0.05, 0.1) is 7.11 Å². The minimum absolute atomic E-state index is 0.624. The zero-order valence-corrected chi connectivity index (χ0v) is 11.3. The molecule has 2 aliphatic heterocycles. The molecule has 2 aliphatic rings. The molecule has 2 nitrogen and oxygen atoms in total. The van der Waals surface area contributed by atoms with Crippen LogP contribution >= 0.6 is 0 Å². The molecule has 0 N–H and O–H groups in total. The Morgan fingerprint density at radius 3 is 2.89 bits per heavy atom. The summed E-state index contributed by atoms with van der Waals surface area (Å²) in [5, 5.41) is 0. The first-order valence-electron chi connectivity index (χ1n) is 7.28. The van der Waals surface area contributed by atoms with Crippen LogP contribution in [-0.2, 0) is 0 Å². The van der Waals surface area contributed by atoms with E-state index >= 15 is 0 Å². The van der Waals surface area contributed by atoms with E-state index in [-0.39, 0.29) is 0 Å². The number of methoxy groups -OCH3 is 1. The van der Waals surface area contributed by atoms with E-state index in [9.17, 15) is 0 Å². The minimum Gasteiger partial charge on any atom is -0.497 e. The van der Waals surface area contributed by atoms with Gasteiger partial charge in [-0.15, -0.1) is 0 Å². The average molecular weight is 245 g/mol. The number of fused-ring (bicyclic) bond motifs is 1. The van der Waals surface area contributed by atoms with Gasteiger partial charge in [0, 0.05) is 12.1 Å². The fourth-order valence-corrected chi connectivity index (χ4v) is 3.66. The summed E-state index contributed by atoms with van der Waals surface area (Å²) in [5.74, 6) is 0.992. The number of rotatable bonds is 2. The number of nitrogens with zero attached hydrogens (tertiary/aromatic N) is 1. The maximum absolute atomic E-state index is 5.36. The second kappa shape index (κ2) is 5.31. The first-order chi connectivity index (χ1) is 8.88. The second-order valence-electron chi connectivity index (χ2n) is 5.61. The van der Waals surface area contributed by atoms with Gasteiger partial charge in [-0.2, -0.15) is 0 Å². The lowest BCUT2D eigenvalue weighted by atomic mass is 9.86. The Bertz CT molecular complexity index is 402. The SMILES string of the molecule is COc1cccc([C@H]2CCC[C@H]3CCCCN32)c1. The van der Waals surface area contributed by atoms with Crippen LogP contribution < -0.4 is 4.74 Å². The number of hydrogen-bond acceptors (Lipinski definition) is 2. The van der Waals surface area contributed by atoms with Crippen LogP contribution in [0.5, 0.6) is 5.75 Å². The van der Waals surface area contributed by atoms with Crippen molar-refractivity contribution in [3.8, 4) is 5.75 Å². The molecule has 0 aliphatic carbocycles. The molecule has 0 amide bonds. The van der Waals surface area contributed by atoms with Crippen molar-refractivity contribution in [3.05, 3.63) is 29.8 Å². The van der Waals surface area contributed by atoms with Crippen LogP contribution in [0, 0.1) is 0 Å². The lowest BCUT2D eigenvalue weighted by Gasteiger charge is -2.45. The van der Waals surface area contributed by atoms with Crippen molar-refractivity contribution in [2.45, 2.75) is 50.6 Å². The quantitative estimate of drug-likeness (QED) is 0.786. The van der Waals surface area contributed by atoms with Crippen molar-refractivity contribution in [1.82, 2.24) is 4.90 Å². The third-order valence-corrected chi connectivity index (χ3v) is 4.57. The zero-order valence-electron chi connectivity index (χ0n) is 11.3. The molecule has 0 unspecified atom stereocenters. The van der Waals surface area contributed by atoms with Crippen LogP contribution in [0.4, 0.5) is 0 Å². The average Bonchev–Trinajstić information content (AvgIpc) is 2.47. The highest BCUT2D eigenvalue weighted by atomic mass is 16.5. The van der Waals surface area contributed by atoms with E-state index in [1.165, 1.54) is 50.6 Å². The van der Waals surface area contributed by atoms with E-state index in [4.69, 9.17) is 4.74 Å². The molecule has 2 fully saturated rings. The van der Waals surface area contributed by atoms with Crippen molar-refractivity contribution >= 4 is 0 Å². The van der Waals surface area contributed by atoms with E-state index in [1.807, 2.05) is 6.07 Å². The molecule has 0 saturated carbocycles. The molecule has 3 rings (SSSR count). The summed E-state index contributed by atoms with van der Waals surface area (Å²) >= 11 is 0. The Balaban J connectivity index is 1.84. The molecule has 1 aromatic rings. The predicted molar refractivity (Wildman–Crippen MR) is 73.9 cm³/mol. The number of hydrogen-bond donors (Lipinski definition) is 0. The smallest absolute Gasteiger partial charge is 0.119 e. The van der Waals surface area contributed by atoms with Gasteiger partial charge in [-0.1, -0.05) is 18.6 Å². The van der Waals surface area contributed by atoms with Gasteiger partial charge in [-0.05, 0) is 56.3 Å². The predicted octanol–water partition coefficient (Wildman–Crippen LogP) is 3.77. The second-order valence-corrected chi connectivity index (χ2v) is 5.61. The Hall–Kier alpha value is -1.02. The van der Waals surface area contributed by atoms with Crippen molar-refractivity contribution in [1.29, 1.82) is 0 Å². The molecule has 2 heteroatoms. The highest BCUT2D eigenvalue weighted by Gasteiger charge is 2.32. The summed E-state index contributed by atoms with van der Waals surface area (Å²) in [6.45, 7) is 1.28. The summed E-state index contributed by atoms with van der Waals surface area (Å²) in [7, 11) is 1.75. The molecule has 0 spiro atoms. The normalized spacial score (nSPS) is 28.7. The molecule has 98 valence electrons. The molecule has 2 heterocycles. The van der Waals surface area contributed by atoms with Gasteiger partial charge < -0.3 is 4.74 Å². The van der Waals surface area contributed by atoms with Crippen molar-refractivity contribution in [2.24, 2.45) is 0 Å².